The summed E-state index contributed by atoms with van der Waals surface area (Å²) in [6.07, 6.45) is 3.62. The normalized spacial score (nSPS) is 18.1. The smallest absolute Gasteiger partial charge is 0.116 e. The highest BCUT2D eigenvalue weighted by Gasteiger charge is 2.40. The minimum atomic E-state index is -0.155. The SMILES string of the molecule is COCC(NC(C)C)(c1nc2c(s1)CCC2)C(C)C. The predicted octanol–water partition coefficient (Wildman–Crippen LogP) is 3.13. The Morgan fingerprint density at radius 1 is 1.32 bits per heavy atom. The Hall–Kier alpha value is -0.450. The van der Waals surface area contributed by atoms with Crippen molar-refractivity contribution in [3.8, 4) is 0 Å². The fourth-order valence-corrected chi connectivity index (χ4v) is 4.31. The molecule has 0 fully saturated rings. The van der Waals surface area contributed by atoms with Crippen LogP contribution in [-0.4, -0.2) is 24.7 Å². The zero-order valence-corrected chi connectivity index (χ0v) is 13.6. The molecule has 0 aromatic carbocycles. The van der Waals surface area contributed by atoms with Gasteiger partial charge in [0.2, 0.25) is 0 Å². The lowest BCUT2D eigenvalue weighted by Crippen LogP contribution is -2.53. The Morgan fingerprint density at radius 3 is 2.58 bits per heavy atom. The van der Waals surface area contributed by atoms with Crippen LogP contribution in [0.15, 0.2) is 0 Å². The highest BCUT2D eigenvalue weighted by atomic mass is 32.1. The summed E-state index contributed by atoms with van der Waals surface area (Å²) in [4.78, 5) is 6.42. The number of nitrogens with one attached hydrogen (secondary N) is 1. The van der Waals surface area contributed by atoms with Crippen LogP contribution in [-0.2, 0) is 23.1 Å². The fraction of sp³-hybridized carbons (Fsp3) is 0.800. The maximum atomic E-state index is 5.53. The molecule has 19 heavy (non-hydrogen) atoms. The van der Waals surface area contributed by atoms with Crippen LogP contribution in [0.3, 0.4) is 0 Å². The Kier molecular flexibility index (Phi) is 4.64. The average Bonchev–Trinajstić information content (AvgIpc) is 2.87. The van der Waals surface area contributed by atoms with E-state index in [9.17, 15) is 0 Å². The molecule has 0 saturated heterocycles. The van der Waals surface area contributed by atoms with Crippen molar-refractivity contribution < 1.29 is 4.74 Å². The van der Waals surface area contributed by atoms with Crippen LogP contribution >= 0.6 is 11.3 Å². The summed E-state index contributed by atoms with van der Waals surface area (Å²) in [5.74, 6) is 0.445. The van der Waals surface area contributed by atoms with Crippen molar-refractivity contribution in [3.05, 3.63) is 15.6 Å². The van der Waals surface area contributed by atoms with E-state index in [0.29, 0.717) is 18.6 Å². The summed E-state index contributed by atoms with van der Waals surface area (Å²) in [6.45, 7) is 9.55. The van der Waals surface area contributed by atoms with Gasteiger partial charge in [-0.25, -0.2) is 4.98 Å². The first-order chi connectivity index (χ1) is 8.99. The highest BCUT2D eigenvalue weighted by Crippen LogP contribution is 2.37. The number of nitrogens with zero attached hydrogens (tertiary/aromatic N) is 1. The van der Waals surface area contributed by atoms with Gasteiger partial charge in [0.1, 0.15) is 5.01 Å². The molecule has 1 aromatic heterocycles. The van der Waals surface area contributed by atoms with E-state index in [0.717, 1.165) is 6.42 Å². The Balaban J connectivity index is 2.38. The van der Waals surface area contributed by atoms with Crippen LogP contribution in [0.4, 0.5) is 0 Å². The molecule has 0 aliphatic heterocycles. The summed E-state index contributed by atoms with van der Waals surface area (Å²) in [5, 5.41) is 4.93. The average molecular weight is 282 g/mol. The zero-order valence-electron chi connectivity index (χ0n) is 12.7. The fourth-order valence-electron chi connectivity index (χ4n) is 2.87. The Labute approximate surface area is 120 Å². The third kappa shape index (κ3) is 2.86. The van der Waals surface area contributed by atoms with Gasteiger partial charge in [-0.1, -0.05) is 13.8 Å². The van der Waals surface area contributed by atoms with Gasteiger partial charge in [-0.05, 0) is 39.0 Å². The highest BCUT2D eigenvalue weighted by molar-refractivity contribution is 7.12. The molecule has 1 aromatic rings. The molecule has 1 unspecified atom stereocenters. The van der Waals surface area contributed by atoms with Gasteiger partial charge >= 0.3 is 0 Å². The second kappa shape index (κ2) is 5.90. The quantitative estimate of drug-likeness (QED) is 0.870. The summed E-state index contributed by atoms with van der Waals surface area (Å²) in [7, 11) is 1.78. The van der Waals surface area contributed by atoms with E-state index in [-0.39, 0.29) is 5.54 Å². The monoisotopic (exact) mass is 282 g/mol. The van der Waals surface area contributed by atoms with E-state index in [4.69, 9.17) is 9.72 Å². The molecule has 0 radical (unpaired) electrons. The van der Waals surface area contributed by atoms with E-state index in [1.54, 1.807) is 7.11 Å². The molecule has 3 nitrogen and oxygen atoms in total. The number of ether oxygens (including phenoxy) is 1. The summed E-state index contributed by atoms with van der Waals surface area (Å²) in [5.41, 5.74) is 1.17. The van der Waals surface area contributed by atoms with Crippen LogP contribution < -0.4 is 5.32 Å². The van der Waals surface area contributed by atoms with Gasteiger partial charge in [0.15, 0.2) is 0 Å². The molecular formula is C15H26N2OS. The van der Waals surface area contributed by atoms with Crippen LogP contribution in [0, 0.1) is 5.92 Å². The molecule has 4 heteroatoms. The number of thiazole rings is 1. The molecule has 0 amide bonds. The molecule has 2 rings (SSSR count). The van der Waals surface area contributed by atoms with Crippen LogP contribution in [0.1, 0.15) is 49.7 Å². The van der Waals surface area contributed by atoms with Gasteiger partial charge in [-0.15, -0.1) is 11.3 Å². The molecule has 0 saturated carbocycles. The van der Waals surface area contributed by atoms with Gasteiger partial charge in [0.05, 0.1) is 17.8 Å². The predicted molar refractivity (Wildman–Crippen MR) is 80.8 cm³/mol. The minimum Gasteiger partial charge on any atom is -0.382 e. The number of rotatable bonds is 6. The van der Waals surface area contributed by atoms with Gasteiger partial charge in [0, 0.05) is 18.0 Å². The maximum absolute atomic E-state index is 5.53. The number of aromatic nitrogens is 1. The molecular weight excluding hydrogens is 256 g/mol. The second-order valence-electron chi connectivity index (χ2n) is 6.10. The molecule has 1 atom stereocenters. The van der Waals surface area contributed by atoms with E-state index >= 15 is 0 Å². The first-order valence-electron chi connectivity index (χ1n) is 7.25. The van der Waals surface area contributed by atoms with Crippen molar-refractivity contribution in [2.45, 2.75) is 58.5 Å². The lowest BCUT2D eigenvalue weighted by molar-refractivity contribution is 0.0696. The van der Waals surface area contributed by atoms with E-state index in [2.05, 4.69) is 33.0 Å². The number of fused-ring (bicyclic) bond motifs is 1. The van der Waals surface area contributed by atoms with Gasteiger partial charge in [-0.3, -0.25) is 0 Å². The van der Waals surface area contributed by atoms with Crippen molar-refractivity contribution in [1.82, 2.24) is 10.3 Å². The lowest BCUT2D eigenvalue weighted by Gasteiger charge is -2.38. The summed E-state index contributed by atoms with van der Waals surface area (Å²) in [6, 6.07) is 0.413. The molecule has 1 heterocycles. The summed E-state index contributed by atoms with van der Waals surface area (Å²) < 4.78 is 5.53. The van der Waals surface area contributed by atoms with Crippen LogP contribution in [0.25, 0.3) is 0 Å². The first-order valence-corrected chi connectivity index (χ1v) is 8.07. The number of methoxy groups -OCH3 is 1. The van der Waals surface area contributed by atoms with Crippen molar-refractivity contribution in [3.63, 3.8) is 0 Å². The third-order valence-electron chi connectivity index (χ3n) is 3.88. The van der Waals surface area contributed by atoms with Gasteiger partial charge in [0.25, 0.3) is 0 Å². The standard InChI is InChI=1S/C15H26N2OS/c1-10(2)15(9-18-5,17-11(3)4)14-16-12-7-6-8-13(12)19-14/h10-11,17H,6-9H2,1-5H3. The van der Waals surface area contributed by atoms with Crippen molar-refractivity contribution in [2.75, 3.05) is 13.7 Å². The lowest BCUT2D eigenvalue weighted by atomic mass is 9.86. The largest absolute Gasteiger partial charge is 0.382 e. The molecule has 1 aliphatic carbocycles. The molecule has 1 aliphatic rings. The third-order valence-corrected chi connectivity index (χ3v) is 5.22. The van der Waals surface area contributed by atoms with Crippen LogP contribution in [0.2, 0.25) is 0 Å². The second-order valence-corrected chi connectivity index (χ2v) is 7.18. The minimum absolute atomic E-state index is 0.155. The zero-order chi connectivity index (χ0) is 14.0. The van der Waals surface area contributed by atoms with Crippen LogP contribution in [0.5, 0.6) is 0 Å². The van der Waals surface area contributed by atoms with E-state index < -0.39 is 0 Å². The van der Waals surface area contributed by atoms with Crippen molar-refractivity contribution in [1.29, 1.82) is 0 Å². The molecule has 0 spiro atoms. The van der Waals surface area contributed by atoms with Gasteiger partial charge < -0.3 is 10.1 Å². The van der Waals surface area contributed by atoms with Crippen molar-refractivity contribution in [2.24, 2.45) is 5.92 Å². The van der Waals surface area contributed by atoms with E-state index in [1.807, 2.05) is 11.3 Å². The number of aryl methyl sites for hydroxylation is 2. The molecule has 0 bridgehead atoms. The number of hydrogen-bond acceptors (Lipinski definition) is 4. The molecule has 1 N–H and O–H groups in total. The van der Waals surface area contributed by atoms with Gasteiger partial charge in [-0.2, -0.15) is 0 Å². The first kappa shape index (κ1) is 14.9. The Bertz CT molecular complexity index is 406. The Morgan fingerprint density at radius 2 is 2.05 bits per heavy atom. The van der Waals surface area contributed by atoms with Crippen molar-refractivity contribution >= 4 is 11.3 Å². The maximum Gasteiger partial charge on any atom is 0.116 e. The topological polar surface area (TPSA) is 34.1 Å². The summed E-state index contributed by atoms with van der Waals surface area (Å²) >= 11 is 1.89. The van der Waals surface area contributed by atoms with E-state index in [1.165, 1.54) is 28.4 Å². The number of hydrogen-bond donors (Lipinski definition) is 1. The molecule has 108 valence electrons.